The molecule has 1 atom stereocenters. The zero-order chi connectivity index (χ0) is 19.3. The van der Waals surface area contributed by atoms with Crippen LogP contribution in [0.25, 0.3) is 0 Å². The van der Waals surface area contributed by atoms with Crippen LogP contribution in [0.4, 0.5) is 0 Å². The molecule has 6 nitrogen and oxygen atoms in total. The minimum Gasteiger partial charge on any atom is -0.493 e. The van der Waals surface area contributed by atoms with Gasteiger partial charge in [-0.15, -0.1) is 0 Å². The Morgan fingerprint density at radius 3 is 2.54 bits per heavy atom. The first-order valence-corrected chi connectivity index (χ1v) is 9.21. The van der Waals surface area contributed by atoms with E-state index < -0.39 is 12.1 Å². The zero-order valence-corrected chi connectivity index (χ0v) is 16.4. The van der Waals surface area contributed by atoms with E-state index in [1.54, 1.807) is 0 Å². The molecule has 1 saturated carbocycles. The lowest BCUT2D eigenvalue weighted by atomic mass is 10.1. The largest absolute Gasteiger partial charge is 0.493 e. The van der Waals surface area contributed by atoms with Crippen LogP contribution in [-0.4, -0.2) is 37.7 Å². The van der Waals surface area contributed by atoms with E-state index in [1.807, 2.05) is 0 Å². The number of benzene rings is 1. The van der Waals surface area contributed by atoms with Gasteiger partial charge in [0.15, 0.2) is 17.6 Å². The van der Waals surface area contributed by atoms with Crippen LogP contribution in [0.2, 0.25) is 5.02 Å². The van der Waals surface area contributed by atoms with E-state index in [-0.39, 0.29) is 22.5 Å². The van der Waals surface area contributed by atoms with Gasteiger partial charge in [-0.05, 0) is 44.2 Å². The molecule has 0 heterocycles. The van der Waals surface area contributed by atoms with Crippen molar-refractivity contribution in [3.05, 3.63) is 22.7 Å². The second-order valence-electron chi connectivity index (χ2n) is 6.85. The predicted octanol–water partition coefficient (Wildman–Crippen LogP) is 3.60. The molecule has 0 radical (unpaired) electrons. The molecule has 1 amide bonds. The second-order valence-corrected chi connectivity index (χ2v) is 7.26. The summed E-state index contributed by atoms with van der Waals surface area (Å²) < 4.78 is 16.2. The Morgan fingerprint density at radius 2 is 1.96 bits per heavy atom. The van der Waals surface area contributed by atoms with Gasteiger partial charge in [0.25, 0.3) is 5.91 Å². The number of carbonyl (C=O) groups is 2. The van der Waals surface area contributed by atoms with Crippen LogP contribution < -0.4 is 14.8 Å². The fraction of sp³-hybridized carbons (Fsp3) is 0.579. The molecule has 0 saturated heterocycles. The lowest BCUT2D eigenvalue weighted by Crippen LogP contribution is -2.37. The third-order valence-corrected chi connectivity index (χ3v) is 4.26. The first-order valence-electron chi connectivity index (χ1n) is 8.83. The Balaban J connectivity index is 2.04. The SMILES string of the molecule is COc1cc(C(=O)O[C@@H](C)C(=O)NC2CC2)cc(Cl)c1OCCC(C)C. The van der Waals surface area contributed by atoms with Gasteiger partial charge in [-0.3, -0.25) is 4.79 Å². The highest BCUT2D eigenvalue weighted by Crippen LogP contribution is 2.37. The molecule has 144 valence electrons. The summed E-state index contributed by atoms with van der Waals surface area (Å²) in [5, 5.41) is 3.06. The number of methoxy groups -OCH3 is 1. The zero-order valence-electron chi connectivity index (χ0n) is 15.6. The molecule has 0 aliphatic heterocycles. The minimum absolute atomic E-state index is 0.203. The molecule has 26 heavy (non-hydrogen) atoms. The van der Waals surface area contributed by atoms with E-state index in [2.05, 4.69) is 19.2 Å². The molecule has 1 aromatic rings. The molecular formula is C19H26ClNO5. The summed E-state index contributed by atoms with van der Waals surface area (Å²) in [5.74, 6) is 0.302. The van der Waals surface area contributed by atoms with Gasteiger partial charge in [-0.25, -0.2) is 4.79 Å². The highest BCUT2D eigenvalue weighted by Gasteiger charge is 2.28. The van der Waals surface area contributed by atoms with Crippen molar-refractivity contribution in [3.8, 4) is 11.5 Å². The number of amides is 1. The highest BCUT2D eigenvalue weighted by molar-refractivity contribution is 6.32. The second kappa shape index (κ2) is 9.12. The third-order valence-electron chi connectivity index (χ3n) is 3.98. The Kier molecular flexibility index (Phi) is 7.14. The number of rotatable bonds is 9. The Hall–Kier alpha value is -1.95. The van der Waals surface area contributed by atoms with Gasteiger partial charge in [-0.1, -0.05) is 25.4 Å². The monoisotopic (exact) mass is 383 g/mol. The summed E-state index contributed by atoms with van der Waals surface area (Å²) >= 11 is 6.26. The van der Waals surface area contributed by atoms with Crippen molar-refractivity contribution in [2.75, 3.05) is 13.7 Å². The smallest absolute Gasteiger partial charge is 0.339 e. The van der Waals surface area contributed by atoms with Crippen LogP contribution in [0.5, 0.6) is 11.5 Å². The number of hydrogen-bond acceptors (Lipinski definition) is 5. The van der Waals surface area contributed by atoms with Crippen molar-refractivity contribution in [2.24, 2.45) is 5.92 Å². The van der Waals surface area contributed by atoms with Gasteiger partial charge in [0.2, 0.25) is 0 Å². The first kappa shape index (κ1) is 20.4. The first-order chi connectivity index (χ1) is 12.3. The summed E-state index contributed by atoms with van der Waals surface area (Å²) in [6, 6.07) is 3.17. The third kappa shape index (κ3) is 5.80. The average Bonchev–Trinajstić information content (AvgIpc) is 3.39. The summed E-state index contributed by atoms with van der Waals surface area (Å²) in [7, 11) is 1.47. The van der Waals surface area contributed by atoms with Crippen LogP contribution in [0, 0.1) is 5.92 Å². The molecule has 1 aliphatic carbocycles. The van der Waals surface area contributed by atoms with E-state index in [0.717, 1.165) is 19.3 Å². The standard InChI is InChI=1S/C19H26ClNO5/c1-11(2)7-8-25-17-15(20)9-13(10-16(17)24-4)19(23)26-12(3)18(22)21-14-5-6-14/h9-12,14H,5-8H2,1-4H3,(H,21,22)/t12-/m0/s1. The topological polar surface area (TPSA) is 73.9 Å². The van der Waals surface area contributed by atoms with Gasteiger partial charge >= 0.3 is 5.97 Å². The van der Waals surface area contributed by atoms with Crippen molar-refractivity contribution in [1.29, 1.82) is 0 Å². The molecule has 1 fully saturated rings. The highest BCUT2D eigenvalue weighted by atomic mass is 35.5. The maximum Gasteiger partial charge on any atom is 0.339 e. The lowest BCUT2D eigenvalue weighted by Gasteiger charge is -2.16. The van der Waals surface area contributed by atoms with E-state index in [1.165, 1.54) is 26.2 Å². The quantitative estimate of drug-likeness (QED) is 0.659. The molecule has 0 unspecified atom stereocenters. The van der Waals surface area contributed by atoms with Crippen molar-refractivity contribution in [1.82, 2.24) is 5.32 Å². The molecule has 0 spiro atoms. The van der Waals surface area contributed by atoms with E-state index >= 15 is 0 Å². The maximum atomic E-state index is 12.3. The van der Waals surface area contributed by atoms with Crippen LogP contribution in [-0.2, 0) is 9.53 Å². The molecule has 1 aromatic carbocycles. The normalized spacial score (nSPS) is 14.7. The van der Waals surface area contributed by atoms with Gasteiger partial charge in [-0.2, -0.15) is 0 Å². The molecule has 1 N–H and O–H groups in total. The van der Waals surface area contributed by atoms with Gasteiger partial charge in [0.05, 0.1) is 24.3 Å². The van der Waals surface area contributed by atoms with Crippen molar-refractivity contribution < 1.29 is 23.8 Å². The number of nitrogens with one attached hydrogen (secondary N) is 1. The van der Waals surface area contributed by atoms with Gasteiger partial charge in [0, 0.05) is 6.04 Å². The van der Waals surface area contributed by atoms with Crippen LogP contribution in [0.1, 0.15) is 50.4 Å². The summed E-state index contributed by atoms with van der Waals surface area (Å²) in [5.41, 5.74) is 0.203. The van der Waals surface area contributed by atoms with E-state index in [9.17, 15) is 9.59 Å². The van der Waals surface area contributed by atoms with Crippen molar-refractivity contribution >= 4 is 23.5 Å². The minimum atomic E-state index is -0.880. The molecule has 1 aliphatic rings. The Labute approximate surface area is 159 Å². The lowest BCUT2D eigenvalue weighted by molar-refractivity contribution is -0.129. The summed E-state index contributed by atoms with van der Waals surface area (Å²) in [6.07, 6.45) is 1.93. The summed E-state index contributed by atoms with van der Waals surface area (Å²) in [6.45, 7) is 6.23. The van der Waals surface area contributed by atoms with E-state index in [4.69, 9.17) is 25.8 Å². The fourth-order valence-corrected chi connectivity index (χ4v) is 2.47. The number of ether oxygens (including phenoxy) is 3. The number of halogens is 1. The van der Waals surface area contributed by atoms with Crippen LogP contribution >= 0.6 is 11.6 Å². The Bertz CT molecular complexity index is 658. The number of esters is 1. The predicted molar refractivity (Wildman–Crippen MR) is 99.0 cm³/mol. The van der Waals surface area contributed by atoms with Crippen LogP contribution in [0.3, 0.4) is 0 Å². The summed E-state index contributed by atoms with van der Waals surface area (Å²) in [4.78, 5) is 24.3. The molecule has 7 heteroatoms. The van der Waals surface area contributed by atoms with Gasteiger partial charge < -0.3 is 19.5 Å². The maximum absolute atomic E-state index is 12.3. The molecular weight excluding hydrogens is 358 g/mol. The van der Waals surface area contributed by atoms with E-state index in [0.29, 0.717) is 24.0 Å². The number of carbonyl (C=O) groups excluding carboxylic acids is 2. The Morgan fingerprint density at radius 1 is 1.27 bits per heavy atom. The average molecular weight is 384 g/mol. The fourth-order valence-electron chi connectivity index (χ4n) is 2.20. The van der Waals surface area contributed by atoms with Crippen molar-refractivity contribution in [3.63, 3.8) is 0 Å². The molecule has 0 bridgehead atoms. The van der Waals surface area contributed by atoms with Crippen LogP contribution in [0.15, 0.2) is 12.1 Å². The molecule has 0 aromatic heterocycles. The number of hydrogen-bond donors (Lipinski definition) is 1. The molecule has 2 rings (SSSR count). The van der Waals surface area contributed by atoms with Gasteiger partial charge in [0.1, 0.15) is 0 Å². The van der Waals surface area contributed by atoms with Crippen molar-refractivity contribution in [2.45, 2.75) is 52.2 Å².